The lowest BCUT2D eigenvalue weighted by Gasteiger charge is -2.32. The Kier molecular flexibility index (Phi) is 9.14. The van der Waals surface area contributed by atoms with Gasteiger partial charge in [0, 0.05) is 31.6 Å². The number of carbonyl (C=O) groups is 1. The minimum atomic E-state index is -0.826. The summed E-state index contributed by atoms with van der Waals surface area (Å²) < 4.78 is 8.18. The van der Waals surface area contributed by atoms with E-state index in [1.54, 1.807) is 19.9 Å². The maximum Gasteiger partial charge on any atom is 0.309 e. The first-order valence-corrected chi connectivity index (χ1v) is 13.2. The lowest BCUT2D eigenvalue weighted by atomic mass is 9.75. The van der Waals surface area contributed by atoms with E-state index in [1.807, 2.05) is 38.1 Å². The normalized spacial score (nSPS) is 12.3. The summed E-state index contributed by atoms with van der Waals surface area (Å²) in [7, 11) is 0. The summed E-state index contributed by atoms with van der Waals surface area (Å²) in [5, 5.41) is 20.7. The number of aliphatic carboxylic acids is 1. The first-order valence-electron chi connectivity index (χ1n) is 13.2. The molecule has 0 fully saturated rings. The van der Waals surface area contributed by atoms with Crippen molar-refractivity contribution < 1.29 is 19.6 Å². The summed E-state index contributed by atoms with van der Waals surface area (Å²) in [6.45, 7) is 15.7. The number of carboxylic acid groups (broad SMARTS) is 1. The number of nitro benzene ring substituents is 1. The Bertz CT molecular complexity index is 1260. The van der Waals surface area contributed by atoms with Crippen LogP contribution in [0.25, 0.3) is 11.0 Å². The SMILES string of the molecule is CCN(CC)CCn1c(Cc2ccc(OCC(C)(C)CC(C)(C)C(=O)O)cc2)nc2cc([N+](=O)[O-])ccc21. The second kappa shape index (κ2) is 11.9. The van der Waals surface area contributed by atoms with Crippen LogP contribution in [0.2, 0.25) is 0 Å². The van der Waals surface area contributed by atoms with Gasteiger partial charge in [0.15, 0.2) is 0 Å². The quantitative estimate of drug-likeness (QED) is 0.210. The van der Waals surface area contributed by atoms with E-state index in [9.17, 15) is 20.0 Å². The summed E-state index contributed by atoms with van der Waals surface area (Å²) in [4.78, 5) is 29.5. The third kappa shape index (κ3) is 7.31. The molecule has 0 aliphatic carbocycles. The molecule has 1 aromatic heterocycles. The Morgan fingerprint density at radius 2 is 1.76 bits per heavy atom. The highest BCUT2D eigenvalue weighted by molar-refractivity contribution is 5.79. The largest absolute Gasteiger partial charge is 0.493 e. The van der Waals surface area contributed by atoms with Gasteiger partial charge >= 0.3 is 5.97 Å². The van der Waals surface area contributed by atoms with Crippen LogP contribution >= 0.6 is 0 Å². The molecule has 0 saturated heterocycles. The van der Waals surface area contributed by atoms with Crippen LogP contribution in [0.15, 0.2) is 42.5 Å². The second-order valence-corrected chi connectivity index (χ2v) is 11.3. The van der Waals surface area contributed by atoms with Gasteiger partial charge in [0.1, 0.15) is 11.6 Å². The summed E-state index contributed by atoms with van der Waals surface area (Å²) in [6.07, 6.45) is 1.08. The first-order chi connectivity index (χ1) is 17.8. The molecule has 206 valence electrons. The van der Waals surface area contributed by atoms with Crippen LogP contribution in [0.5, 0.6) is 5.75 Å². The number of nitro groups is 1. The summed E-state index contributed by atoms with van der Waals surface area (Å²) in [5.74, 6) is 0.770. The van der Waals surface area contributed by atoms with Gasteiger partial charge in [-0.3, -0.25) is 14.9 Å². The van der Waals surface area contributed by atoms with Crippen LogP contribution in [-0.4, -0.2) is 56.7 Å². The van der Waals surface area contributed by atoms with Crippen molar-refractivity contribution in [3.05, 3.63) is 64.0 Å². The minimum absolute atomic E-state index is 0.0358. The van der Waals surface area contributed by atoms with E-state index in [4.69, 9.17) is 9.72 Å². The van der Waals surface area contributed by atoms with E-state index in [2.05, 4.69) is 23.3 Å². The minimum Gasteiger partial charge on any atom is -0.493 e. The molecule has 1 N–H and O–H groups in total. The predicted molar refractivity (Wildman–Crippen MR) is 149 cm³/mol. The van der Waals surface area contributed by atoms with Gasteiger partial charge in [-0.05, 0) is 62.5 Å². The molecule has 2 aromatic carbocycles. The Labute approximate surface area is 224 Å². The maximum absolute atomic E-state index is 11.5. The lowest BCUT2D eigenvalue weighted by molar-refractivity contribution is -0.384. The van der Waals surface area contributed by atoms with Gasteiger partial charge in [-0.15, -0.1) is 0 Å². The van der Waals surface area contributed by atoms with Gasteiger partial charge in [-0.1, -0.05) is 39.8 Å². The van der Waals surface area contributed by atoms with Gasteiger partial charge < -0.3 is 19.3 Å². The van der Waals surface area contributed by atoms with Gasteiger partial charge in [0.05, 0.1) is 28.0 Å². The van der Waals surface area contributed by atoms with Gasteiger partial charge in [0.25, 0.3) is 5.69 Å². The summed E-state index contributed by atoms with van der Waals surface area (Å²) in [5.41, 5.74) is 1.47. The highest BCUT2D eigenvalue weighted by Gasteiger charge is 2.35. The van der Waals surface area contributed by atoms with Crippen LogP contribution in [0, 0.1) is 20.9 Å². The Hall–Kier alpha value is -3.46. The number of imidazole rings is 1. The molecule has 3 aromatic rings. The molecule has 0 aliphatic rings. The highest BCUT2D eigenvalue weighted by atomic mass is 16.6. The van der Waals surface area contributed by atoms with Crippen molar-refractivity contribution >= 4 is 22.7 Å². The molecule has 0 bridgehead atoms. The number of carboxylic acids is 1. The van der Waals surface area contributed by atoms with Crippen molar-refractivity contribution in [1.29, 1.82) is 0 Å². The molecule has 0 aliphatic heterocycles. The Morgan fingerprint density at radius 1 is 1.11 bits per heavy atom. The number of nitrogens with zero attached hydrogens (tertiary/aromatic N) is 4. The number of hydrogen-bond acceptors (Lipinski definition) is 6. The Morgan fingerprint density at radius 3 is 2.34 bits per heavy atom. The third-order valence-electron chi connectivity index (χ3n) is 6.97. The molecule has 0 unspecified atom stereocenters. The topological polar surface area (TPSA) is 111 Å². The van der Waals surface area contributed by atoms with E-state index in [0.717, 1.165) is 48.8 Å². The Balaban J connectivity index is 1.77. The standard InChI is InChI=1S/C29H40N4O5/c1-7-31(8-2)15-16-32-25-14-11-22(33(36)37)18-24(25)30-26(32)17-21-9-12-23(13-10-21)38-20-28(3,4)19-29(5,6)27(34)35/h9-14,18H,7-8,15-17,19-20H2,1-6H3,(H,34,35). The molecule has 0 amide bonds. The molecule has 38 heavy (non-hydrogen) atoms. The fraction of sp³-hybridized carbons (Fsp3) is 0.517. The fourth-order valence-corrected chi connectivity index (χ4v) is 4.94. The zero-order valence-electron chi connectivity index (χ0n) is 23.4. The van der Waals surface area contributed by atoms with Crippen molar-refractivity contribution in [3.63, 3.8) is 0 Å². The van der Waals surface area contributed by atoms with Crippen molar-refractivity contribution in [2.24, 2.45) is 10.8 Å². The van der Waals surface area contributed by atoms with Crippen LogP contribution in [0.3, 0.4) is 0 Å². The van der Waals surface area contributed by atoms with E-state index in [1.165, 1.54) is 12.1 Å². The average molecular weight is 525 g/mol. The average Bonchev–Trinajstić information content (AvgIpc) is 3.19. The third-order valence-corrected chi connectivity index (χ3v) is 6.97. The van der Waals surface area contributed by atoms with Gasteiger partial charge in [-0.2, -0.15) is 0 Å². The van der Waals surface area contributed by atoms with Crippen molar-refractivity contribution in [1.82, 2.24) is 14.5 Å². The molecule has 3 rings (SSSR count). The lowest BCUT2D eigenvalue weighted by Crippen LogP contribution is -2.33. The molecule has 9 nitrogen and oxygen atoms in total. The maximum atomic E-state index is 11.5. The fourth-order valence-electron chi connectivity index (χ4n) is 4.94. The number of likely N-dealkylation sites (N-methyl/N-ethyl adjacent to an activating group) is 1. The highest BCUT2D eigenvalue weighted by Crippen LogP contribution is 2.34. The van der Waals surface area contributed by atoms with Gasteiger partial charge in [0.2, 0.25) is 0 Å². The molecule has 0 radical (unpaired) electrons. The van der Waals surface area contributed by atoms with Crippen LogP contribution in [0.4, 0.5) is 5.69 Å². The number of hydrogen-bond donors (Lipinski definition) is 1. The van der Waals surface area contributed by atoms with Crippen molar-refractivity contribution in [2.75, 3.05) is 26.2 Å². The molecule has 1 heterocycles. The number of fused-ring (bicyclic) bond motifs is 1. The van der Waals surface area contributed by atoms with E-state index >= 15 is 0 Å². The number of ether oxygens (including phenoxy) is 1. The monoisotopic (exact) mass is 524 g/mol. The van der Waals surface area contributed by atoms with Crippen molar-refractivity contribution in [2.45, 2.75) is 60.9 Å². The molecular weight excluding hydrogens is 484 g/mol. The number of non-ortho nitro benzene ring substituents is 1. The van der Waals surface area contributed by atoms with Crippen molar-refractivity contribution in [3.8, 4) is 5.75 Å². The zero-order valence-corrected chi connectivity index (χ0v) is 23.4. The van der Waals surface area contributed by atoms with E-state index in [-0.39, 0.29) is 11.1 Å². The smallest absolute Gasteiger partial charge is 0.309 e. The van der Waals surface area contributed by atoms with Gasteiger partial charge in [-0.25, -0.2) is 4.98 Å². The summed E-state index contributed by atoms with van der Waals surface area (Å²) >= 11 is 0. The van der Waals surface area contributed by atoms with Crippen LogP contribution < -0.4 is 4.74 Å². The molecule has 0 spiro atoms. The first kappa shape index (κ1) is 29.1. The molecule has 0 saturated carbocycles. The number of aromatic nitrogens is 2. The van der Waals surface area contributed by atoms with E-state index < -0.39 is 16.3 Å². The second-order valence-electron chi connectivity index (χ2n) is 11.3. The number of rotatable bonds is 14. The zero-order chi connectivity index (χ0) is 28.1. The van der Waals surface area contributed by atoms with Crippen LogP contribution in [-0.2, 0) is 17.8 Å². The molecular formula is C29H40N4O5. The van der Waals surface area contributed by atoms with Crippen LogP contribution in [0.1, 0.15) is 59.4 Å². The van der Waals surface area contributed by atoms with E-state index in [0.29, 0.717) is 25.0 Å². The predicted octanol–water partition coefficient (Wildman–Crippen LogP) is 5.78. The number of benzene rings is 2. The summed E-state index contributed by atoms with van der Waals surface area (Å²) in [6, 6.07) is 12.7. The molecule has 0 atom stereocenters. The molecule has 9 heteroatoms.